The van der Waals surface area contributed by atoms with Crippen molar-refractivity contribution in [1.82, 2.24) is 0 Å². The van der Waals surface area contributed by atoms with Gasteiger partial charge in [0.1, 0.15) is 0 Å². The molecular weight excluding hydrogens is 250 g/mol. The van der Waals surface area contributed by atoms with Gasteiger partial charge in [0.25, 0.3) is 0 Å². The molecule has 0 heterocycles. The van der Waals surface area contributed by atoms with Crippen molar-refractivity contribution in [3.05, 3.63) is 59.7 Å². The van der Waals surface area contributed by atoms with Crippen LogP contribution in [0.3, 0.4) is 0 Å². The monoisotopic (exact) mass is 265 g/mol. The van der Waals surface area contributed by atoms with E-state index in [0.717, 1.165) is 16.8 Å². The molecule has 0 saturated heterocycles. The normalized spacial score (nSPS) is 9.60. The number of anilines is 2. The van der Waals surface area contributed by atoms with Crippen molar-refractivity contribution in [2.75, 3.05) is 10.6 Å². The SMILES string of the molecule is Cc1cccc(NC(=O)Nc2ccc(CC#N)cc2)c1. The highest BCUT2D eigenvalue weighted by atomic mass is 16.2. The van der Waals surface area contributed by atoms with Crippen LogP contribution >= 0.6 is 0 Å². The molecule has 2 aromatic carbocycles. The molecule has 0 bridgehead atoms. The number of amides is 2. The second kappa shape index (κ2) is 6.39. The largest absolute Gasteiger partial charge is 0.323 e. The van der Waals surface area contributed by atoms with Gasteiger partial charge in [-0.25, -0.2) is 4.79 Å². The molecule has 0 aliphatic heterocycles. The molecule has 2 rings (SSSR count). The summed E-state index contributed by atoms with van der Waals surface area (Å²) in [6.07, 6.45) is 0.371. The first kappa shape index (κ1) is 13.6. The predicted molar refractivity (Wildman–Crippen MR) is 79.6 cm³/mol. The molecule has 2 aromatic rings. The highest BCUT2D eigenvalue weighted by Gasteiger charge is 2.02. The Morgan fingerprint density at radius 2 is 1.80 bits per heavy atom. The topological polar surface area (TPSA) is 64.9 Å². The molecule has 0 spiro atoms. The lowest BCUT2D eigenvalue weighted by atomic mass is 10.1. The summed E-state index contributed by atoms with van der Waals surface area (Å²) in [6.45, 7) is 1.97. The van der Waals surface area contributed by atoms with E-state index in [4.69, 9.17) is 5.26 Å². The number of nitriles is 1. The maximum Gasteiger partial charge on any atom is 0.323 e. The van der Waals surface area contributed by atoms with Crippen molar-refractivity contribution in [1.29, 1.82) is 5.26 Å². The van der Waals surface area contributed by atoms with Crippen molar-refractivity contribution in [2.45, 2.75) is 13.3 Å². The first-order valence-corrected chi connectivity index (χ1v) is 6.28. The number of carbonyl (C=O) groups is 1. The molecule has 20 heavy (non-hydrogen) atoms. The molecule has 0 aliphatic carbocycles. The fourth-order valence-electron chi connectivity index (χ4n) is 1.81. The molecule has 2 N–H and O–H groups in total. The third-order valence-corrected chi connectivity index (χ3v) is 2.77. The summed E-state index contributed by atoms with van der Waals surface area (Å²) >= 11 is 0. The van der Waals surface area contributed by atoms with E-state index in [1.54, 1.807) is 12.1 Å². The van der Waals surface area contributed by atoms with E-state index in [1.165, 1.54) is 0 Å². The molecule has 4 nitrogen and oxygen atoms in total. The standard InChI is InChI=1S/C16H15N3O/c1-12-3-2-4-15(11-12)19-16(20)18-14-7-5-13(6-8-14)9-10-17/h2-8,11H,9H2,1H3,(H2,18,19,20). The number of carbonyl (C=O) groups excluding carboxylic acids is 1. The lowest BCUT2D eigenvalue weighted by Crippen LogP contribution is -2.19. The van der Waals surface area contributed by atoms with Crippen LogP contribution in [0.15, 0.2) is 48.5 Å². The van der Waals surface area contributed by atoms with Crippen LogP contribution in [0, 0.1) is 18.3 Å². The summed E-state index contributed by atoms with van der Waals surface area (Å²) in [5, 5.41) is 14.1. The Morgan fingerprint density at radius 3 is 2.45 bits per heavy atom. The van der Waals surface area contributed by atoms with Crippen LogP contribution in [-0.2, 0) is 6.42 Å². The first-order chi connectivity index (χ1) is 9.67. The van der Waals surface area contributed by atoms with Crippen molar-refractivity contribution < 1.29 is 4.79 Å². The Bertz CT molecular complexity index is 642. The van der Waals surface area contributed by atoms with Gasteiger partial charge in [0.15, 0.2) is 0 Å². The van der Waals surface area contributed by atoms with Gasteiger partial charge in [-0.15, -0.1) is 0 Å². The molecule has 0 aliphatic rings. The van der Waals surface area contributed by atoms with Crippen LogP contribution in [0.25, 0.3) is 0 Å². The Hall–Kier alpha value is -2.80. The fraction of sp³-hybridized carbons (Fsp3) is 0.125. The average Bonchev–Trinajstić information content (AvgIpc) is 2.41. The highest BCUT2D eigenvalue weighted by Crippen LogP contribution is 2.12. The number of nitrogens with one attached hydrogen (secondary N) is 2. The number of benzene rings is 2. The summed E-state index contributed by atoms with van der Waals surface area (Å²) < 4.78 is 0. The van der Waals surface area contributed by atoms with Crippen LogP contribution < -0.4 is 10.6 Å². The Balaban J connectivity index is 1.96. The summed E-state index contributed by atoms with van der Waals surface area (Å²) in [5.41, 5.74) is 3.46. The van der Waals surface area contributed by atoms with E-state index in [1.807, 2.05) is 43.3 Å². The smallest absolute Gasteiger partial charge is 0.308 e. The number of nitrogens with zero attached hydrogens (tertiary/aromatic N) is 1. The second-order valence-electron chi connectivity index (χ2n) is 4.48. The molecule has 0 unspecified atom stereocenters. The summed E-state index contributed by atoms with van der Waals surface area (Å²) in [4.78, 5) is 11.8. The lowest BCUT2D eigenvalue weighted by Gasteiger charge is -2.08. The Morgan fingerprint density at radius 1 is 1.10 bits per heavy atom. The summed E-state index contributed by atoms with van der Waals surface area (Å²) in [6, 6.07) is 16.6. The third kappa shape index (κ3) is 3.85. The summed E-state index contributed by atoms with van der Waals surface area (Å²) in [5.74, 6) is 0. The highest BCUT2D eigenvalue weighted by molar-refractivity contribution is 5.99. The molecule has 4 heteroatoms. The van der Waals surface area contributed by atoms with Gasteiger partial charge in [-0.3, -0.25) is 0 Å². The minimum Gasteiger partial charge on any atom is -0.308 e. The molecule has 0 fully saturated rings. The molecule has 2 amide bonds. The van der Waals surface area contributed by atoms with Gasteiger partial charge in [0, 0.05) is 11.4 Å². The maximum atomic E-state index is 11.8. The van der Waals surface area contributed by atoms with Crippen LogP contribution in [0.5, 0.6) is 0 Å². The van der Waals surface area contributed by atoms with Gasteiger partial charge < -0.3 is 10.6 Å². The van der Waals surface area contributed by atoms with Crippen molar-refractivity contribution in [2.24, 2.45) is 0 Å². The first-order valence-electron chi connectivity index (χ1n) is 6.28. The van der Waals surface area contributed by atoms with E-state index < -0.39 is 0 Å². The van der Waals surface area contributed by atoms with E-state index in [0.29, 0.717) is 12.1 Å². The number of hydrogen-bond donors (Lipinski definition) is 2. The van der Waals surface area contributed by atoms with Crippen LogP contribution in [0.4, 0.5) is 16.2 Å². The van der Waals surface area contributed by atoms with Crippen LogP contribution in [0.2, 0.25) is 0 Å². The van der Waals surface area contributed by atoms with Gasteiger partial charge in [0.2, 0.25) is 0 Å². The number of urea groups is 1. The molecule has 0 radical (unpaired) electrons. The summed E-state index contributed by atoms with van der Waals surface area (Å²) in [7, 11) is 0. The van der Waals surface area contributed by atoms with Gasteiger partial charge >= 0.3 is 6.03 Å². The number of aryl methyl sites for hydroxylation is 1. The van der Waals surface area contributed by atoms with Crippen LogP contribution in [-0.4, -0.2) is 6.03 Å². The zero-order valence-electron chi connectivity index (χ0n) is 11.2. The third-order valence-electron chi connectivity index (χ3n) is 2.77. The molecule has 0 atom stereocenters. The van der Waals surface area contributed by atoms with E-state index in [-0.39, 0.29) is 6.03 Å². The fourth-order valence-corrected chi connectivity index (χ4v) is 1.81. The lowest BCUT2D eigenvalue weighted by molar-refractivity contribution is 0.262. The van der Waals surface area contributed by atoms with Gasteiger partial charge in [-0.1, -0.05) is 24.3 Å². The zero-order chi connectivity index (χ0) is 14.4. The molecule has 0 saturated carbocycles. The van der Waals surface area contributed by atoms with Gasteiger partial charge in [-0.05, 0) is 42.3 Å². The van der Waals surface area contributed by atoms with E-state index in [9.17, 15) is 4.79 Å². The van der Waals surface area contributed by atoms with Crippen molar-refractivity contribution in [3.8, 4) is 6.07 Å². The number of rotatable bonds is 3. The Labute approximate surface area is 118 Å². The van der Waals surface area contributed by atoms with E-state index >= 15 is 0 Å². The van der Waals surface area contributed by atoms with Gasteiger partial charge in [0.05, 0.1) is 12.5 Å². The van der Waals surface area contributed by atoms with Crippen molar-refractivity contribution in [3.63, 3.8) is 0 Å². The van der Waals surface area contributed by atoms with E-state index in [2.05, 4.69) is 16.7 Å². The Kier molecular flexibility index (Phi) is 4.35. The van der Waals surface area contributed by atoms with Crippen LogP contribution in [0.1, 0.15) is 11.1 Å². The second-order valence-corrected chi connectivity index (χ2v) is 4.48. The predicted octanol–water partition coefficient (Wildman–Crippen LogP) is 3.71. The molecule has 0 aromatic heterocycles. The maximum absolute atomic E-state index is 11.8. The quantitative estimate of drug-likeness (QED) is 0.888. The zero-order valence-corrected chi connectivity index (χ0v) is 11.2. The minimum atomic E-state index is -0.288. The molecule has 100 valence electrons. The van der Waals surface area contributed by atoms with Gasteiger partial charge in [-0.2, -0.15) is 5.26 Å². The minimum absolute atomic E-state index is 0.288. The van der Waals surface area contributed by atoms with Crippen molar-refractivity contribution >= 4 is 17.4 Å². The number of hydrogen-bond acceptors (Lipinski definition) is 2. The average molecular weight is 265 g/mol. The molecular formula is C16H15N3O.